The van der Waals surface area contributed by atoms with E-state index in [1.807, 2.05) is 0 Å². The molecule has 0 radical (unpaired) electrons. The van der Waals surface area contributed by atoms with Crippen LogP contribution in [0.1, 0.15) is 43.0 Å². The lowest BCUT2D eigenvalue weighted by Crippen LogP contribution is -2.27. The van der Waals surface area contributed by atoms with Gasteiger partial charge in [0.25, 0.3) is 0 Å². The molecule has 2 aliphatic rings. The number of aryl methyl sites for hydroxylation is 2. The molecule has 0 spiro atoms. The van der Waals surface area contributed by atoms with E-state index in [4.69, 9.17) is 15.9 Å². The fourth-order valence-electron chi connectivity index (χ4n) is 3.25. The second-order valence-corrected chi connectivity index (χ2v) is 6.51. The Morgan fingerprint density at radius 2 is 2.19 bits per heavy atom. The van der Waals surface area contributed by atoms with Crippen molar-refractivity contribution in [2.45, 2.75) is 39.0 Å². The van der Waals surface area contributed by atoms with Crippen molar-refractivity contribution < 1.29 is 5.21 Å². The SMILES string of the molecule is CC1CC1CN(C)c1nc2c(cc1C(N)=NO)CCCC2. The van der Waals surface area contributed by atoms with Gasteiger partial charge in [0.1, 0.15) is 5.82 Å². The molecule has 2 atom stereocenters. The molecule has 0 bridgehead atoms. The van der Waals surface area contributed by atoms with Crippen molar-refractivity contribution in [3.05, 3.63) is 22.9 Å². The summed E-state index contributed by atoms with van der Waals surface area (Å²) in [6.45, 7) is 3.27. The van der Waals surface area contributed by atoms with E-state index >= 15 is 0 Å². The van der Waals surface area contributed by atoms with Gasteiger partial charge in [-0.1, -0.05) is 12.1 Å². The first kappa shape index (κ1) is 14.2. The van der Waals surface area contributed by atoms with E-state index in [9.17, 15) is 0 Å². The van der Waals surface area contributed by atoms with Crippen molar-refractivity contribution in [2.24, 2.45) is 22.7 Å². The highest BCUT2D eigenvalue weighted by atomic mass is 16.4. The first-order valence-electron chi connectivity index (χ1n) is 7.82. The number of hydrogen-bond donors (Lipinski definition) is 2. The Bertz CT molecular complexity index is 570. The fourth-order valence-corrected chi connectivity index (χ4v) is 3.25. The second-order valence-electron chi connectivity index (χ2n) is 6.51. The molecule has 2 unspecified atom stereocenters. The van der Waals surface area contributed by atoms with Crippen molar-refractivity contribution in [1.82, 2.24) is 4.98 Å². The maximum Gasteiger partial charge on any atom is 0.173 e. The molecule has 0 amide bonds. The molecular formula is C16H24N4O. The van der Waals surface area contributed by atoms with E-state index in [2.05, 4.69) is 30.1 Å². The summed E-state index contributed by atoms with van der Waals surface area (Å²) < 4.78 is 0. The summed E-state index contributed by atoms with van der Waals surface area (Å²) >= 11 is 0. The molecule has 5 nitrogen and oxygen atoms in total. The summed E-state index contributed by atoms with van der Waals surface area (Å²) in [6, 6.07) is 2.07. The number of anilines is 1. The maximum absolute atomic E-state index is 9.05. The van der Waals surface area contributed by atoms with Crippen LogP contribution in [0, 0.1) is 11.8 Å². The number of nitrogens with two attached hydrogens (primary N) is 1. The molecule has 3 N–H and O–H groups in total. The van der Waals surface area contributed by atoms with Crippen LogP contribution in [0.5, 0.6) is 0 Å². The number of amidine groups is 1. The lowest BCUT2D eigenvalue weighted by atomic mass is 9.94. The van der Waals surface area contributed by atoms with E-state index in [1.54, 1.807) is 0 Å². The monoisotopic (exact) mass is 288 g/mol. The maximum atomic E-state index is 9.05. The highest BCUT2D eigenvalue weighted by Gasteiger charge is 2.34. The van der Waals surface area contributed by atoms with Gasteiger partial charge in [0, 0.05) is 19.3 Å². The number of aromatic nitrogens is 1. The van der Waals surface area contributed by atoms with Crippen LogP contribution in [0.15, 0.2) is 11.2 Å². The first-order valence-corrected chi connectivity index (χ1v) is 7.82. The van der Waals surface area contributed by atoms with Crippen molar-refractivity contribution in [1.29, 1.82) is 0 Å². The van der Waals surface area contributed by atoms with Crippen molar-refractivity contribution in [2.75, 3.05) is 18.5 Å². The summed E-state index contributed by atoms with van der Waals surface area (Å²) in [6.07, 6.45) is 5.75. The van der Waals surface area contributed by atoms with E-state index in [1.165, 1.54) is 30.5 Å². The molecule has 114 valence electrons. The number of oxime groups is 1. The highest BCUT2D eigenvalue weighted by Crippen LogP contribution is 2.39. The molecule has 2 aliphatic carbocycles. The molecule has 1 aromatic rings. The van der Waals surface area contributed by atoms with Gasteiger partial charge in [0.2, 0.25) is 0 Å². The van der Waals surface area contributed by atoms with Gasteiger partial charge in [-0.2, -0.15) is 0 Å². The van der Waals surface area contributed by atoms with Crippen LogP contribution in [-0.2, 0) is 12.8 Å². The largest absolute Gasteiger partial charge is 0.409 e. The van der Waals surface area contributed by atoms with Gasteiger partial charge in [-0.15, -0.1) is 0 Å². The van der Waals surface area contributed by atoms with Gasteiger partial charge in [-0.3, -0.25) is 0 Å². The van der Waals surface area contributed by atoms with Gasteiger partial charge in [-0.25, -0.2) is 4.98 Å². The van der Waals surface area contributed by atoms with Crippen LogP contribution in [-0.4, -0.2) is 29.6 Å². The zero-order valence-corrected chi connectivity index (χ0v) is 12.8. The Balaban J connectivity index is 1.95. The predicted octanol–water partition coefficient (Wildman–Crippen LogP) is 2.15. The Morgan fingerprint density at radius 3 is 2.86 bits per heavy atom. The molecule has 0 aromatic carbocycles. The quantitative estimate of drug-likeness (QED) is 0.385. The van der Waals surface area contributed by atoms with Gasteiger partial charge in [0.15, 0.2) is 5.84 Å². The van der Waals surface area contributed by atoms with E-state index in [0.717, 1.165) is 42.6 Å². The van der Waals surface area contributed by atoms with Crippen molar-refractivity contribution in [3.8, 4) is 0 Å². The van der Waals surface area contributed by atoms with Crippen molar-refractivity contribution in [3.63, 3.8) is 0 Å². The Labute approximate surface area is 125 Å². The molecule has 0 saturated heterocycles. The van der Waals surface area contributed by atoms with Crippen LogP contribution in [0.4, 0.5) is 5.82 Å². The first-order chi connectivity index (χ1) is 10.1. The molecule has 5 heteroatoms. The second kappa shape index (κ2) is 5.54. The number of pyridine rings is 1. The minimum atomic E-state index is 0.154. The van der Waals surface area contributed by atoms with Crippen LogP contribution >= 0.6 is 0 Å². The lowest BCUT2D eigenvalue weighted by molar-refractivity contribution is 0.318. The zero-order chi connectivity index (χ0) is 15.0. The third kappa shape index (κ3) is 2.82. The summed E-state index contributed by atoms with van der Waals surface area (Å²) in [5.41, 5.74) is 9.06. The van der Waals surface area contributed by atoms with Gasteiger partial charge in [0.05, 0.1) is 5.56 Å². The number of nitrogens with zero attached hydrogens (tertiary/aromatic N) is 3. The molecule has 1 heterocycles. The van der Waals surface area contributed by atoms with Gasteiger partial charge in [-0.05, 0) is 55.6 Å². The van der Waals surface area contributed by atoms with E-state index in [-0.39, 0.29) is 5.84 Å². The Hall–Kier alpha value is -1.78. The number of fused-ring (bicyclic) bond motifs is 1. The third-order valence-electron chi connectivity index (χ3n) is 4.81. The van der Waals surface area contributed by atoms with Gasteiger partial charge >= 0.3 is 0 Å². The third-order valence-corrected chi connectivity index (χ3v) is 4.81. The highest BCUT2D eigenvalue weighted by molar-refractivity contribution is 6.01. The molecular weight excluding hydrogens is 264 g/mol. The molecule has 1 aromatic heterocycles. The summed E-state index contributed by atoms with van der Waals surface area (Å²) in [5.74, 6) is 2.55. The fraction of sp³-hybridized carbons (Fsp3) is 0.625. The van der Waals surface area contributed by atoms with Crippen molar-refractivity contribution >= 4 is 11.7 Å². The Kier molecular flexibility index (Phi) is 3.74. The van der Waals surface area contributed by atoms with Crippen LogP contribution in [0.25, 0.3) is 0 Å². The number of hydrogen-bond acceptors (Lipinski definition) is 4. The van der Waals surface area contributed by atoms with Crippen LogP contribution in [0.2, 0.25) is 0 Å². The average Bonchev–Trinajstić information content (AvgIpc) is 3.20. The summed E-state index contributed by atoms with van der Waals surface area (Å²) in [4.78, 5) is 7.01. The van der Waals surface area contributed by atoms with Crippen LogP contribution in [0.3, 0.4) is 0 Å². The normalized spacial score (nSPS) is 24.6. The smallest absolute Gasteiger partial charge is 0.173 e. The summed E-state index contributed by atoms with van der Waals surface area (Å²) in [5, 5.41) is 12.2. The molecule has 1 fully saturated rings. The molecule has 21 heavy (non-hydrogen) atoms. The molecule has 3 rings (SSSR count). The standard InChI is InChI=1S/C16H24N4O/c1-10-7-12(10)9-20(2)16-13(15(17)19-21)8-11-5-3-4-6-14(11)18-16/h8,10,12,21H,3-7,9H2,1-2H3,(H2,17,19). The van der Waals surface area contributed by atoms with E-state index < -0.39 is 0 Å². The topological polar surface area (TPSA) is 74.7 Å². The molecule has 1 saturated carbocycles. The average molecular weight is 288 g/mol. The minimum Gasteiger partial charge on any atom is -0.409 e. The van der Waals surface area contributed by atoms with Crippen LogP contribution < -0.4 is 10.6 Å². The Morgan fingerprint density at radius 1 is 1.48 bits per heavy atom. The van der Waals surface area contributed by atoms with E-state index in [0.29, 0.717) is 0 Å². The lowest BCUT2D eigenvalue weighted by Gasteiger charge is -2.24. The predicted molar refractivity (Wildman–Crippen MR) is 83.9 cm³/mol. The number of rotatable bonds is 4. The summed E-state index contributed by atoms with van der Waals surface area (Å²) in [7, 11) is 2.05. The van der Waals surface area contributed by atoms with Gasteiger partial charge < -0.3 is 15.8 Å². The zero-order valence-electron chi connectivity index (χ0n) is 12.8. The minimum absolute atomic E-state index is 0.154. The molecule has 0 aliphatic heterocycles.